The molecule has 1 aliphatic rings. The number of rotatable bonds is 5. The molecular formula is C17H19N5O2. The molecule has 0 saturated heterocycles. The monoisotopic (exact) mass is 325 g/mol. The highest BCUT2D eigenvalue weighted by Gasteiger charge is 2.21. The van der Waals surface area contributed by atoms with Gasteiger partial charge in [0.1, 0.15) is 5.71 Å². The van der Waals surface area contributed by atoms with E-state index in [0.29, 0.717) is 25.1 Å². The molecule has 0 saturated carbocycles. The third-order valence-corrected chi connectivity index (χ3v) is 3.85. The largest absolute Gasteiger partial charge is 0.347 e. The zero-order valence-corrected chi connectivity index (χ0v) is 13.5. The number of amides is 2. The van der Waals surface area contributed by atoms with Crippen LogP contribution in [0, 0.1) is 0 Å². The van der Waals surface area contributed by atoms with Gasteiger partial charge in [0.05, 0.1) is 6.54 Å². The Labute approximate surface area is 140 Å². The van der Waals surface area contributed by atoms with Gasteiger partial charge in [-0.05, 0) is 17.2 Å². The van der Waals surface area contributed by atoms with E-state index in [2.05, 4.69) is 15.5 Å². The van der Waals surface area contributed by atoms with E-state index in [1.165, 1.54) is 5.01 Å². The molecule has 2 amide bonds. The van der Waals surface area contributed by atoms with Crippen LogP contribution in [0.25, 0.3) is 0 Å². The molecule has 0 bridgehead atoms. The minimum atomic E-state index is -0.227. The molecule has 0 aliphatic carbocycles. The van der Waals surface area contributed by atoms with Crippen LogP contribution < -0.4 is 5.32 Å². The first kappa shape index (κ1) is 15.9. The molecule has 0 unspecified atom stereocenters. The van der Waals surface area contributed by atoms with Crippen molar-refractivity contribution in [2.45, 2.75) is 25.9 Å². The highest BCUT2D eigenvalue weighted by atomic mass is 16.2. The summed E-state index contributed by atoms with van der Waals surface area (Å²) in [4.78, 5) is 23.5. The normalized spacial score (nSPS) is 14.5. The lowest BCUT2D eigenvalue weighted by Gasteiger charge is -2.18. The lowest BCUT2D eigenvalue weighted by molar-refractivity contribution is -0.130. The van der Waals surface area contributed by atoms with Crippen molar-refractivity contribution in [3.8, 4) is 0 Å². The number of aromatic nitrogens is 2. The molecule has 24 heavy (non-hydrogen) atoms. The SMILES string of the molecule is CN1N=C(C(=O)NCc2ccc(Cn3cccn3)cc2)CCC1=O. The highest BCUT2D eigenvalue weighted by Crippen LogP contribution is 2.08. The number of nitrogens with one attached hydrogen (secondary N) is 1. The van der Waals surface area contributed by atoms with Crippen LogP contribution in [0.2, 0.25) is 0 Å². The van der Waals surface area contributed by atoms with E-state index in [0.717, 1.165) is 17.7 Å². The zero-order valence-electron chi connectivity index (χ0n) is 13.5. The average molecular weight is 325 g/mol. The summed E-state index contributed by atoms with van der Waals surface area (Å²) in [7, 11) is 1.56. The Kier molecular flexibility index (Phi) is 4.69. The van der Waals surface area contributed by atoms with Gasteiger partial charge in [0.15, 0.2) is 0 Å². The van der Waals surface area contributed by atoms with E-state index in [1.54, 1.807) is 13.2 Å². The van der Waals surface area contributed by atoms with Gasteiger partial charge in [-0.1, -0.05) is 24.3 Å². The number of carbonyl (C=O) groups is 2. The van der Waals surface area contributed by atoms with E-state index in [1.807, 2.05) is 41.2 Å². The minimum Gasteiger partial charge on any atom is -0.347 e. The summed E-state index contributed by atoms with van der Waals surface area (Å²) < 4.78 is 1.86. The fourth-order valence-electron chi connectivity index (χ4n) is 2.46. The maximum atomic E-state index is 12.1. The Balaban J connectivity index is 1.54. The Hall–Kier alpha value is -2.96. The fraction of sp³-hybridized carbons (Fsp3) is 0.294. The second kappa shape index (κ2) is 7.08. The molecule has 0 spiro atoms. The predicted octanol–water partition coefficient (Wildman–Crippen LogP) is 1.16. The molecule has 1 aliphatic heterocycles. The van der Waals surface area contributed by atoms with E-state index in [9.17, 15) is 9.59 Å². The fourth-order valence-corrected chi connectivity index (χ4v) is 2.46. The average Bonchev–Trinajstić information content (AvgIpc) is 3.09. The highest BCUT2D eigenvalue weighted by molar-refractivity contribution is 6.39. The molecule has 124 valence electrons. The van der Waals surface area contributed by atoms with Gasteiger partial charge in [0.2, 0.25) is 5.91 Å². The van der Waals surface area contributed by atoms with Crippen molar-refractivity contribution < 1.29 is 9.59 Å². The minimum absolute atomic E-state index is 0.0701. The molecule has 1 aromatic carbocycles. The molecule has 0 fully saturated rings. The number of hydrogen-bond acceptors (Lipinski definition) is 4. The summed E-state index contributed by atoms with van der Waals surface area (Å²) in [6, 6.07) is 9.90. The van der Waals surface area contributed by atoms with Crippen LogP contribution in [0.3, 0.4) is 0 Å². The van der Waals surface area contributed by atoms with E-state index < -0.39 is 0 Å². The Morgan fingerprint density at radius 1 is 1.21 bits per heavy atom. The summed E-state index contributed by atoms with van der Waals surface area (Å²) in [5, 5.41) is 12.3. The van der Waals surface area contributed by atoms with Gasteiger partial charge >= 0.3 is 0 Å². The van der Waals surface area contributed by atoms with Gasteiger partial charge in [0, 0.05) is 38.8 Å². The van der Waals surface area contributed by atoms with E-state index in [-0.39, 0.29) is 11.8 Å². The maximum Gasteiger partial charge on any atom is 0.267 e. The molecule has 0 atom stereocenters. The quantitative estimate of drug-likeness (QED) is 0.896. The van der Waals surface area contributed by atoms with Crippen molar-refractivity contribution in [1.29, 1.82) is 0 Å². The number of benzene rings is 1. The molecule has 7 nitrogen and oxygen atoms in total. The second-order valence-electron chi connectivity index (χ2n) is 5.67. The van der Waals surface area contributed by atoms with Gasteiger partial charge in [-0.3, -0.25) is 14.3 Å². The van der Waals surface area contributed by atoms with Gasteiger partial charge < -0.3 is 5.32 Å². The summed E-state index contributed by atoms with van der Waals surface area (Å²) in [5.74, 6) is -0.297. The molecule has 2 aromatic rings. The number of carbonyl (C=O) groups excluding carboxylic acids is 2. The molecule has 7 heteroatoms. The van der Waals surface area contributed by atoms with Crippen molar-refractivity contribution in [1.82, 2.24) is 20.1 Å². The van der Waals surface area contributed by atoms with Crippen LogP contribution in [-0.4, -0.2) is 39.4 Å². The van der Waals surface area contributed by atoms with E-state index >= 15 is 0 Å². The Morgan fingerprint density at radius 2 is 1.96 bits per heavy atom. The van der Waals surface area contributed by atoms with Crippen LogP contribution in [-0.2, 0) is 22.7 Å². The molecule has 0 radical (unpaired) electrons. The third-order valence-electron chi connectivity index (χ3n) is 3.85. The van der Waals surface area contributed by atoms with Crippen LogP contribution in [0.15, 0.2) is 47.8 Å². The summed E-state index contributed by atoms with van der Waals surface area (Å²) in [6.07, 6.45) is 4.38. The van der Waals surface area contributed by atoms with Crippen molar-refractivity contribution in [2.75, 3.05) is 7.05 Å². The first-order chi connectivity index (χ1) is 11.6. The molecule has 2 heterocycles. The summed E-state index contributed by atoms with van der Waals surface area (Å²) >= 11 is 0. The van der Waals surface area contributed by atoms with Gasteiger partial charge in [0.25, 0.3) is 5.91 Å². The maximum absolute atomic E-state index is 12.1. The molecule has 1 N–H and O–H groups in total. The first-order valence-corrected chi connectivity index (χ1v) is 7.79. The number of hydrazone groups is 1. The van der Waals surface area contributed by atoms with Crippen LogP contribution >= 0.6 is 0 Å². The van der Waals surface area contributed by atoms with Crippen molar-refractivity contribution in [3.05, 3.63) is 53.9 Å². The number of nitrogens with zero attached hydrogens (tertiary/aromatic N) is 4. The summed E-state index contributed by atoms with van der Waals surface area (Å²) in [6.45, 7) is 1.15. The Bertz CT molecular complexity index is 750. The lowest BCUT2D eigenvalue weighted by Crippen LogP contribution is -2.37. The second-order valence-corrected chi connectivity index (χ2v) is 5.67. The first-order valence-electron chi connectivity index (χ1n) is 7.79. The molecule has 3 rings (SSSR count). The van der Waals surface area contributed by atoms with E-state index in [4.69, 9.17) is 0 Å². The molecule has 1 aromatic heterocycles. The van der Waals surface area contributed by atoms with Gasteiger partial charge in [-0.2, -0.15) is 10.2 Å². The standard InChI is InChI=1S/C17H19N5O2/c1-21-16(23)8-7-15(20-21)17(24)18-11-13-3-5-14(6-4-13)12-22-10-2-9-19-22/h2-6,9-10H,7-8,11-12H2,1H3,(H,18,24). The summed E-state index contributed by atoms with van der Waals surface area (Å²) in [5.41, 5.74) is 2.55. The topological polar surface area (TPSA) is 79.6 Å². The van der Waals surface area contributed by atoms with Gasteiger partial charge in [-0.15, -0.1) is 0 Å². The third kappa shape index (κ3) is 3.87. The predicted molar refractivity (Wildman–Crippen MR) is 89.1 cm³/mol. The zero-order chi connectivity index (χ0) is 16.9. The Morgan fingerprint density at radius 3 is 2.62 bits per heavy atom. The van der Waals surface area contributed by atoms with Crippen molar-refractivity contribution in [3.63, 3.8) is 0 Å². The van der Waals surface area contributed by atoms with Gasteiger partial charge in [-0.25, -0.2) is 5.01 Å². The van der Waals surface area contributed by atoms with Crippen LogP contribution in [0.4, 0.5) is 0 Å². The number of hydrogen-bond donors (Lipinski definition) is 1. The lowest BCUT2D eigenvalue weighted by atomic mass is 10.1. The van der Waals surface area contributed by atoms with Crippen molar-refractivity contribution >= 4 is 17.5 Å². The van der Waals surface area contributed by atoms with Crippen LogP contribution in [0.1, 0.15) is 24.0 Å². The van der Waals surface area contributed by atoms with Crippen molar-refractivity contribution in [2.24, 2.45) is 5.10 Å². The smallest absolute Gasteiger partial charge is 0.267 e. The van der Waals surface area contributed by atoms with Crippen LogP contribution in [0.5, 0.6) is 0 Å². The molecular weight excluding hydrogens is 306 g/mol.